The quantitative estimate of drug-likeness (QED) is 0.747. The molecule has 0 aliphatic carbocycles. The van der Waals surface area contributed by atoms with E-state index in [9.17, 15) is 13.2 Å². The van der Waals surface area contributed by atoms with Gasteiger partial charge in [-0.05, 0) is 43.2 Å². The minimum Gasteiger partial charge on any atom is -0.495 e. The number of nitrogens with one attached hydrogen (secondary N) is 1. The van der Waals surface area contributed by atoms with Gasteiger partial charge in [-0.25, -0.2) is 8.42 Å². The molecule has 9 heteroatoms. The van der Waals surface area contributed by atoms with Crippen LogP contribution in [0.2, 0.25) is 5.02 Å². The fraction of sp³-hybridized carbons (Fsp3) is 0.350. The summed E-state index contributed by atoms with van der Waals surface area (Å²) in [4.78, 5) is 12.8. The van der Waals surface area contributed by atoms with E-state index in [1.165, 1.54) is 30.7 Å². The Morgan fingerprint density at radius 3 is 2.59 bits per heavy atom. The summed E-state index contributed by atoms with van der Waals surface area (Å²) >= 11 is 6.00. The van der Waals surface area contributed by atoms with Gasteiger partial charge >= 0.3 is 0 Å². The zero-order valence-electron chi connectivity index (χ0n) is 16.2. The molecule has 1 N–H and O–H groups in total. The predicted octanol–water partition coefficient (Wildman–Crippen LogP) is 3.40. The van der Waals surface area contributed by atoms with Gasteiger partial charge < -0.3 is 14.8 Å². The molecule has 0 radical (unpaired) electrons. The van der Waals surface area contributed by atoms with Gasteiger partial charge in [0.15, 0.2) is 0 Å². The number of amides is 1. The van der Waals surface area contributed by atoms with Gasteiger partial charge in [0.25, 0.3) is 0 Å². The molecule has 1 fully saturated rings. The molecule has 1 atom stereocenters. The van der Waals surface area contributed by atoms with Crippen molar-refractivity contribution >= 4 is 33.2 Å². The first-order valence-electron chi connectivity index (χ1n) is 9.14. The van der Waals surface area contributed by atoms with Crippen molar-refractivity contribution in [2.45, 2.75) is 17.7 Å². The first-order chi connectivity index (χ1) is 13.9. The number of halogens is 1. The molecule has 0 unspecified atom stereocenters. The Kier molecular flexibility index (Phi) is 6.66. The van der Waals surface area contributed by atoms with Gasteiger partial charge in [-0.2, -0.15) is 4.31 Å². The molecule has 1 aliphatic rings. The molecule has 0 bridgehead atoms. The van der Waals surface area contributed by atoms with E-state index in [4.69, 9.17) is 21.1 Å². The zero-order chi connectivity index (χ0) is 21.0. The molecule has 1 aliphatic heterocycles. The highest BCUT2D eigenvalue weighted by molar-refractivity contribution is 7.89. The molecule has 3 rings (SSSR count). The first kappa shape index (κ1) is 21.4. The fourth-order valence-electron chi connectivity index (χ4n) is 3.35. The van der Waals surface area contributed by atoms with Gasteiger partial charge in [0.1, 0.15) is 16.4 Å². The molecular weight excluding hydrogens is 416 g/mol. The zero-order valence-corrected chi connectivity index (χ0v) is 17.8. The average Bonchev–Trinajstić information content (AvgIpc) is 2.74. The van der Waals surface area contributed by atoms with Crippen LogP contribution < -0.4 is 14.8 Å². The molecule has 1 amide bonds. The van der Waals surface area contributed by atoms with E-state index in [1.807, 2.05) is 6.07 Å². The largest absolute Gasteiger partial charge is 0.495 e. The number of sulfonamides is 1. The first-order valence-corrected chi connectivity index (χ1v) is 11.0. The summed E-state index contributed by atoms with van der Waals surface area (Å²) in [5.74, 6) is 0.0425. The molecule has 7 nitrogen and oxygen atoms in total. The second-order valence-corrected chi connectivity index (χ2v) is 9.03. The third kappa shape index (κ3) is 4.66. The number of carbonyl (C=O) groups excluding carboxylic acids is 1. The lowest BCUT2D eigenvalue weighted by Crippen LogP contribution is -2.43. The third-order valence-electron chi connectivity index (χ3n) is 4.86. The van der Waals surface area contributed by atoms with Crippen LogP contribution in [0, 0.1) is 5.92 Å². The highest BCUT2D eigenvalue weighted by atomic mass is 35.5. The lowest BCUT2D eigenvalue weighted by molar-refractivity contribution is -0.120. The number of hydrogen-bond acceptors (Lipinski definition) is 5. The molecular formula is C20H23ClN2O5S. The minimum atomic E-state index is -3.86. The van der Waals surface area contributed by atoms with Crippen molar-refractivity contribution in [3.05, 3.63) is 47.5 Å². The number of hydrogen-bond donors (Lipinski definition) is 1. The number of nitrogens with zero attached hydrogens (tertiary/aromatic N) is 1. The molecule has 2 aromatic carbocycles. The molecule has 29 heavy (non-hydrogen) atoms. The number of piperidine rings is 1. The normalized spacial score (nSPS) is 17.6. The fourth-order valence-corrected chi connectivity index (χ4v) is 5.29. The second kappa shape index (κ2) is 9.02. The van der Waals surface area contributed by atoms with Gasteiger partial charge in [-0.3, -0.25) is 4.79 Å². The number of benzene rings is 2. The summed E-state index contributed by atoms with van der Waals surface area (Å²) < 4.78 is 38.1. The van der Waals surface area contributed by atoms with Gasteiger partial charge in [0.2, 0.25) is 15.9 Å². The lowest BCUT2D eigenvalue weighted by Gasteiger charge is -2.31. The van der Waals surface area contributed by atoms with Gasteiger partial charge in [-0.15, -0.1) is 0 Å². The van der Waals surface area contributed by atoms with Crippen molar-refractivity contribution in [2.75, 3.05) is 32.6 Å². The Labute approximate surface area is 175 Å². The van der Waals surface area contributed by atoms with Crippen molar-refractivity contribution in [1.82, 2.24) is 4.31 Å². The lowest BCUT2D eigenvalue weighted by atomic mass is 9.98. The van der Waals surface area contributed by atoms with Crippen LogP contribution in [0.25, 0.3) is 0 Å². The maximum absolute atomic E-state index is 13.2. The van der Waals surface area contributed by atoms with E-state index < -0.39 is 15.9 Å². The standard InChI is InChI=1S/C20H23ClN2O5S/c1-27-17-8-4-3-7-16(17)22-20(24)14-6-5-11-23(13-14)29(25,26)19-12-15(21)9-10-18(19)28-2/h3-4,7-10,12,14H,5-6,11,13H2,1-2H3,(H,22,24)/t14-/m0/s1. The summed E-state index contributed by atoms with van der Waals surface area (Å²) in [5.41, 5.74) is 0.552. The molecule has 1 saturated heterocycles. The summed E-state index contributed by atoms with van der Waals surface area (Å²) in [6, 6.07) is 11.5. The van der Waals surface area contributed by atoms with E-state index in [2.05, 4.69) is 5.32 Å². The monoisotopic (exact) mass is 438 g/mol. The number of rotatable bonds is 6. The Morgan fingerprint density at radius 1 is 1.14 bits per heavy atom. The highest BCUT2D eigenvalue weighted by Gasteiger charge is 2.35. The summed E-state index contributed by atoms with van der Waals surface area (Å²) in [5, 5.41) is 3.14. The number of methoxy groups -OCH3 is 2. The highest BCUT2D eigenvalue weighted by Crippen LogP contribution is 2.32. The smallest absolute Gasteiger partial charge is 0.246 e. The van der Waals surface area contributed by atoms with Crippen LogP contribution >= 0.6 is 11.6 Å². The number of carbonyl (C=O) groups is 1. The van der Waals surface area contributed by atoms with Gasteiger partial charge in [-0.1, -0.05) is 23.7 Å². The van der Waals surface area contributed by atoms with E-state index >= 15 is 0 Å². The maximum atomic E-state index is 13.2. The molecule has 0 aromatic heterocycles. The average molecular weight is 439 g/mol. The Morgan fingerprint density at radius 2 is 1.86 bits per heavy atom. The molecule has 2 aromatic rings. The topological polar surface area (TPSA) is 84.9 Å². The van der Waals surface area contributed by atoms with Crippen LogP contribution in [0.4, 0.5) is 5.69 Å². The van der Waals surface area contributed by atoms with Crippen LogP contribution in [0.1, 0.15) is 12.8 Å². The van der Waals surface area contributed by atoms with Gasteiger partial charge in [0.05, 0.1) is 25.8 Å². The van der Waals surface area contributed by atoms with Crippen LogP contribution in [-0.2, 0) is 14.8 Å². The molecule has 0 spiro atoms. The SMILES string of the molecule is COc1ccccc1NC(=O)[C@H]1CCCN(S(=O)(=O)c2cc(Cl)ccc2OC)C1. The minimum absolute atomic E-state index is 0.00159. The van der Waals surface area contributed by atoms with Crippen LogP contribution in [0.3, 0.4) is 0 Å². The third-order valence-corrected chi connectivity index (χ3v) is 6.98. The predicted molar refractivity (Wildman–Crippen MR) is 111 cm³/mol. The van der Waals surface area contributed by atoms with Crippen molar-refractivity contribution in [3.63, 3.8) is 0 Å². The molecule has 1 heterocycles. The maximum Gasteiger partial charge on any atom is 0.246 e. The van der Waals surface area contributed by atoms with Gasteiger partial charge in [0, 0.05) is 18.1 Å². The van der Waals surface area contributed by atoms with E-state index in [0.29, 0.717) is 35.8 Å². The van der Waals surface area contributed by atoms with Crippen molar-refractivity contribution in [3.8, 4) is 11.5 Å². The molecule has 156 valence electrons. The summed E-state index contributed by atoms with van der Waals surface area (Å²) in [6.45, 7) is 0.412. The number of para-hydroxylation sites is 2. The Bertz CT molecular complexity index is 996. The Hall–Kier alpha value is -2.29. The summed E-state index contributed by atoms with van der Waals surface area (Å²) in [6.07, 6.45) is 1.17. The molecule has 0 saturated carbocycles. The van der Waals surface area contributed by atoms with E-state index in [-0.39, 0.29) is 23.1 Å². The van der Waals surface area contributed by atoms with Crippen molar-refractivity contribution in [2.24, 2.45) is 5.92 Å². The van der Waals surface area contributed by atoms with E-state index in [0.717, 1.165) is 0 Å². The van der Waals surface area contributed by atoms with Crippen molar-refractivity contribution < 1.29 is 22.7 Å². The van der Waals surface area contributed by atoms with Crippen LogP contribution in [0.5, 0.6) is 11.5 Å². The second-order valence-electron chi connectivity index (χ2n) is 6.69. The van der Waals surface area contributed by atoms with Crippen LogP contribution in [-0.4, -0.2) is 45.9 Å². The van der Waals surface area contributed by atoms with Crippen LogP contribution in [0.15, 0.2) is 47.4 Å². The van der Waals surface area contributed by atoms with Crippen molar-refractivity contribution in [1.29, 1.82) is 0 Å². The number of ether oxygens (including phenoxy) is 2. The van der Waals surface area contributed by atoms with E-state index in [1.54, 1.807) is 24.3 Å². The summed E-state index contributed by atoms with van der Waals surface area (Å²) in [7, 11) is -0.929. The number of anilines is 1. The Balaban J connectivity index is 1.80.